The van der Waals surface area contributed by atoms with Crippen molar-refractivity contribution in [3.05, 3.63) is 70.4 Å². The normalized spacial score (nSPS) is 15.6. The average Bonchev–Trinajstić information content (AvgIpc) is 2.88. The monoisotopic (exact) mass is 330 g/mol. The van der Waals surface area contributed by atoms with Crippen molar-refractivity contribution in [2.24, 2.45) is 0 Å². The molecule has 0 saturated carbocycles. The van der Waals surface area contributed by atoms with Gasteiger partial charge in [0, 0.05) is 30.4 Å². The van der Waals surface area contributed by atoms with E-state index in [1.807, 2.05) is 0 Å². The Labute approximate surface area is 150 Å². The van der Waals surface area contributed by atoms with E-state index >= 15 is 0 Å². The summed E-state index contributed by atoms with van der Waals surface area (Å²) in [7, 11) is 2.22. The molecule has 1 aromatic heterocycles. The Hall–Kier alpha value is -2.32. The quantitative estimate of drug-likeness (QED) is 0.622. The van der Waals surface area contributed by atoms with Gasteiger partial charge in [-0.3, -0.25) is 0 Å². The summed E-state index contributed by atoms with van der Waals surface area (Å²) in [6.07, 6.45) is 3.45. The molecular formula is C23H26N2. The van der Waals surface area contributed by atoms with Gasteiger partial charge in [0.25, 0.3) is 0 Å². The molecule has 128 valence electrons. The van der Waals surface area contributed by atoms with Crippen LogP contribution >= 0.6 is 0 Å². The third-order valence-electron chi connectivity index (χ3n) is 5.37. The second-order valence-corrected chi connectivity index (χ2v) is 7.48. The van der Waals surface area contributed by atoms with E-state index in [1.54, 1.807) is 0 Å². The highest BCUT2D eigenvalue weighted by molar-refractivity contribution is 5.90. The number of fused-ring (bicyclic) bond motifs is 3. The summed E-state index contributed by atoms with van der Waals surface area (Å²) in [5, 5.41) is 1.43. The molecule has 0 amide bonds. The molecule has 0 N–H and O–H groups in total. The number of aryl methyl sites for hydroxylation is 2. The zero-order chi connectivity index (χ0) is 17.6. The molecule has 0 atom stereocenters. The van der Waals surface area contributed by atoms with E-state index in [9.17, 15) is 0 Å². The summed E-state index contributed by atoms with van der Waals surface area (Å²) in [6, 6.07) is 15.7. The zero-order valence-electron chi connectivity index (χ0n) is 15.6. The molecular weight excluding hydrogens is 304 g/mol. The van der Waals surface area contributed by atoms with Crippen molar-refractivity contribution in [3.8, 4) is 0 Å². The van der Waals surface area contributed by atoms with Crippen LogP contribution in [-0.2, 0) is 13.0 Å². The molecule has 0 aliphatic carbocycles. The number of likely N-dealkylation sites (N-methyl/N-ethyl adjacent to an activating group) is 1. The van der Waals surface area contributed by atoms with E-state index in [-0.39, 0.29) is 0 Å². The van der Waals surface area contributed by atoms with Crippen molar-refractivity contribution >= 4 is 22.7 Å². The number of allylic oxidation sites excluding steroid dienone is 1. The van der Waals surface area contributed by atoms with Crippen molar-refractivity contribution in [3.63, 3.8) is 0 Å². The van der Waals surface area contributed by atoms with Gasteiger partial charge in [-0.15, -0.1) is 0 Å². The lowest BCUT2D eigenvalue weighted by Gasteiger charge is -2.24. The van der Waals surface area contributed by atoms with Crippen molar-refractivity contribution in [2.45, 2.75) is 33.7 Å². The van der Waals surface area contributed by atoms with E-state index in [0.29, 0.717) is 0 Å². The fourth-order valence-corrected chi connectivity index (χ4v) is 3.87. The Morgan fingerprint density at radius 3 is 2.48 bits per heavy atom. The molecule has 25 heavy (non-hydrogen) atoms. The van der Waals surface area contributed by atoms with Gasteiger partial charge in [0.1, 0.15) is 0 Å². The van der Waals surface area contributed by atoms with E-state index in [4.69, 9.17) is 0 Å². The standard InChI is InChI=1S/C23H26N2/c1-16-5-8-19(9-6-16)18(3)14-25-22-10-7-17(2)13-21(22)20-11-12-24(4)15-23(20)25/h5-10,13-14H,11-12,15H2,1-4H3/b18-14+. The Morgan fingerprint density at radius 2 is 1.72 bits per heavy atom. The Bertz CT molecular complexity index is 958. The smallest absolute Gasteiger partial charge is 0.0529 e. The highest BCUT2D eigenvalue weighted by Crippen LogP contribution is 2.32. The summed E-state index contributed by atoms with van der Waals surface area (Å²) < 4.78 is 2.43. The third kappa shape index (κ3) is 2.91. The summed E-state index contributed by atoms with van der Waals surface area (Å²) in [4.78, 5) is 2.42. The van der Waals surface area contributed by atoms with Gasteiger partial charge < -0.3 is 9.47 Å². The third-order valence-corrected chi connectivity index (χ3v) is 5.37. The van der Waals surface area contributed by atoms with Crippen molar-refractivity contribution in [1.82, 2.24) is 9.47 Å². The van der Waals surface area contributed by atoms with E-state index < -0.39 is 0 Å². The van der Waals surface area contributed by atoms with Crippen molar-refractivity contribution in [1.29, 1.82) is 0 Å². The van der Waals surface area contributed by atoms with Crippen LogP contribution in [-0.4, -0.2) is 23.1 Å². The van der Waals surface area contributed by atoms with Crippen LogP contribution in [0.5, 0.6) is 0 Å². The summed E-state index contributed by atoms with van der Waals surface area (Å²) >= 11 is 0. The summed E-state index contributed by atoms with van der Waals surface area (Å²) in [5.74, 6) is 0. The molecule has 4 rings (SSSR count). The van der Waals surface area contributed by atoms with E-state index in [0.717, 1.165) is 19.5 Å². The SMILES string of the molecule is C/C(=C\n1c2c(c3cc(C)ccc31)CCN(C)C2)c1ccc(C)cc1. The summed E-state index contributed by atoms with van der Waals surface area (Å²) in [5.41, 5.74) is 9.54. The highest BCUT2D eigenvalue weighted by atomic mass is 15.1. The fourth-order valence-electron chi connectivity index (χ4n) is 3.87. The molecule has 0 spiro atoms. The van der Waals surface area contributed by atoms with Gasteiger partial charge in [0.2, 0.25) is 0 Å². The second kappa shape index (κ2) is 6.20. The maximum atomic E-state index is 2.43. The molecule has 0 fully saturated rings. The molecule has 0 bridgehead atoms. The van der Waals surface area contributed by atoms with Crippen LogP contribution in [0.15, 0.2) is 42.5 Å². The predicted molar refractivity (Wildman–Crippen MR) is 108 cm³/mol. The zero-order valence-corrected chi connectivity index (χ0v) is 15.6. The first-order chi connectivity index (χ1) is 12.0. The lowest BCUT2D eigenvalue weighted by molar-refractivity contribution is 0.308. The number of hydrogen-bond acceptors (Lipinski definition) is 1. The lowest BCUT2D eigenvalue weighted by atomic mass is 10.0. The Kier molecular flexibility index (Phi) is 4.01. The predicted octanol–water partition coefficient (Wildman–Crippen LogP) is 5.26. The first-order valence-electron chi connectivity index (χ1n) is 9.09. The van der Waals surface area contributed by atoms with Gasteiger partial charge in [0.05, 0.1) is 5.52 Å². The Morgan fingerprint density at radius 1 is 1.00 bits per heavy atom. The van der Waals surface area contributed by atoms with Crippen LogP contribution in [0.3, 0.4) is 0 Å². The van der Waals surface area contributed by atoms with Gasteiger partial charge in [-0.1, -0.05) is 41.5 Å². The van der Waals surface area contributed by atoms with Gasteiger partial charge in [-0.05, 0) is 63.1 Å². The summed E-state index contributed by atoms with van der Waals surface area (Å²) in [6.45, 7) is 8.69. The molecule has 2 aromatic carbocycles. The van der Waals surface area contributed by atoms with Crippen LogP contribution in [0.2, 0.25) is 0 Å². The molecule has 0 radical (unpaired) electrons. The number of aromatic nitrogens is 1. The minimum Gasteiger partial charge on any atom is -0.318 e. The molecule has 0 unspecified atom stereocenters. The van der Waals surface area contributed by atoms with E-state index in [2.05, 4.69) is 86.0 Å². The first kappa shape index (κ1) is 16.2. The maximum absolute atomic E-state index is 2.43. The molecule has 2 nitrogen and oxygen atoms in total. The van der Waals surface area contributed by atoms with Crippen molar-refractivity contribution < 1.29 is 0 Å². The fraction of sp³-hybridized carbons (Fsp3) is 0.304. The Balaban J connectivity index is 1.90. The minimum atomic E-state index is 1.01. The number of rotatable bonds is 2. The van der Waals surface area contributed by atoms with Crippen LogP contribution in [0.25, 0.3) is 22.7 Å². The second-order valence-electron chi connectivity index (χ2n) is 7.48. The van der Waals surface area contributed by atoms with E-state index in [1.165, 1.54) is 44.4 Å². The van der Waals surface area contributed by atoms with Gasteiger partial charge in [-0.2, -0.15) is 0 Å². The van der Waals surface area contributed by atoms with Gasteiger partial charge >= 0.3 is 0 Å². The highest BCUT2D eigenvalue weighted by Gasteiger charge is 2.21. The topological polar surface area (TPSA) is 8.17 Å². The van der Waals surface area contributed by atoms with Crippen LogP contribution < -0.4 is 0 Å². The largest absolute Gasteiger partial charge is 0.318 e. The molecule has 1 aliphatic heterocycles. The minimum absolute atomic E-state index is 1.01. The molecule has 2 heterocycles. The molecule has 1 aliphatic rings. The lowest BCUT2D eigenvalue weighted by Crippen LogP contribution is -2.27. The van der Waals surface area contributed by atoms with Gasteiger partial charge in [-0.25, -0.2) is 0 Å². The number of nitrogens with zero attached hydrogens (tertiary/aromatic N) is 2. The number of hydrogen-bond donors (Lipinski definition) is 0. The molecule has 3 aromatic rings. The van der Waals surface area contributed by atoms with Crippen LogP contribution in [0.4, 0.5) is 0 Å². The van der Waals surface area contributed by atoms with Crippen molar-refractivity contribution in [2.75, 3.05) is 13.6 Å². The number of benzene rings is 2. The molecule has 0 saturated heterocycles. The first-order valence-corrected chi connectivity index (χ1v) is 9.09. The maximum Gasteiger partial charge on any atom is 0.0529 e. The van der Waals surface area contributed by atoms with Crippen LogP contribution in [0.1, 0.15) is 34.9 Å². The van der Waals surface area contributed by atoms with Gasteiger partial charge in [0.15, 0.2) is 0 Å². The average molecular weight is 330 g/mol. The molecule has 2 heteroatoms. The van der Waals surface area contributed by atoms with Crippen LogP contribution in [0, 0.1) is 13.8 Å².